The number of alkyl halides is 3. The van der Waals surface area contributed by atoms with Crippen molar-refractivity contribution in [1.29, 1.82) is 0 Å². The van der Waals surface area contributed by atoms with Gasteiger partial charge in [-0.2, -0.15) is 13.2 Å². The van der Waals surface area contributed by atoms with Crippen molar-refractivity contribution in [2.24, 2.45) is 0 Å². The number of fused-ring (bicyclic) bond motifs is 2. The maximum Gasteiger partial charge on any atom is 0.417 e. The number of hydrogen-bond donors (Lipinski definition) is 0. The molecule has 0 spiro atoms. The summed E-state index contributed by atoms with van der Waals surface area (Å²) in [5.41, 5.74) is 4.75. The minimum Gasteiger partial charge on any atom is -0.441 e. The predicted molar refractivity (Wildman–Crippen MR) is 170 cm³/mol. The summed E-state index contributed by atoms with van der Waals surface area (Å²) in [5.74, 6) is 0.319. The summed E-state index contributed by atoms with van der Waals surface area (Å²) < 4.78 is 53.8. The van der Waals surface area contributed by atoms with E-state index >= 15 is 0 Å². The van der Waals surface area contributed by atoms with Crippen molar-refractivity contribution in [3.05, 3.63) is 112 Å². The Bertz CT molecular complexity index is 1800. The molecular formula is C37H39F3N2O3. The average molecular weight is 617 g/mol. The Kier molecular flexibility index (Phi) is 9.35. The van der Waals surface area contributed by atoms with Gasteiger partial charge in [0, 0.05) is 27.7 Å². The first-order valence-corrected chi connectivity index (χ1v) is 15.4. The van der Waals surface area contributed by atoms with Crippen LogP contribution in [0.25, 0.3) is 22.4 Å². The number of ether oxygens (including phenoxy) is 1. The smallest absolute Gasteiger partial charge is 0.417 e. The number of ketones is 1. The summed E-state index contributed by atoms with van der Waals surface area (Å²) in [6, 6.07) is 21.4. The molecule has 1 aliphatic rings. The van der Waals surface area contributed by atoms with Crippen molar-refractivity contribution < 1.29 is 27.1 Å². The first kappa shape index (κ1) is 32.2. The molecule has 0 bridgehead atoms. The Morgan fingerprint density at radius 3 is 2.27 bits per heavy atom. The van der Waals surface area contributed by atoms with E-state index in [4.69, 9.17) is 9.15 Å². The molecule has 0 saturated carbocycles. The molecule has 0 saturated heterocycles. The molecular weight excluding hydrogens is 577 g/mol. The van der Waals surface area contributed by atoms with Crippen molar-refractivity contribution in [2.45, 2.75) is 85.2 Å². The maximum absolute atomic E-state index is 13.4. The molecule has 0 amide bonds. The number of Topliss-reactive ketones (excluding diaryl/α,β-unsaturated/α-hetero) is 1. The summed E-state index contributed by atoms with van der Waals surface area (Å²) in [6.07, 6.45) is 0.168. The van der Waals surface area contributed by atoms with Crippen LogP contribution in [0.1, 0.15) is 90.7 Å². The fourth-order valence-electron chi connectivity index (χ4n) is 6.57. The summed E-state index contributed by atoms with van der Waals surface area (Å²) >= 11 is 0. The topological polar surface area (TPSA) is 57.3 Å². The minimum absolute atomic E-state index is 0.0279. The highest BCUT2D eigenvalue weighted by molar-refractivity contribution is 6.08. The number of oxazole rings is 1. The Balaban J connectivity index is 0.000000223. The monoisotopic (exact) mass is 616 g/mol. The molecule has 5 nitrogen and oxygen atoms in total. The molecule has 1 aliphatic heterocycles. The van der Waals surface area contributed by atoms with E-state index in [0.29, 0.717) is 17.0 Å². The van der Waals surface area contributed by atoms with Crippen LogP contribution in [0.2, 0.25) is 0 Å². The van der Waals surface area contributed by atoms with Gasteiger partial charge in [-0.3, -0.25) is 4.79 Å². The normalized spacial score (nSPS) is 13.9. The third-order valence-electron chi connectivity index (χ3n) is 8.57. The number of carbonyl (C=O) groups excluding carboxylic acids is 1. The van der Waals surface area contributed by atoms with E-state index in [1.54, 1.807) is 6.92 Å². The van der Waals surface area contributed by atoms with Crippen LogP contribution in [0.4, 0.5) is 13.2 Å². The molecule has 0 radical (unpaired) electrons. The summed E-state index contributed by atoms with van der Waals surface area (Å²) in [4.78, 5) is 16.6. The van der Waals surface area contributed by atoms with Crippen LogP contribution >= 0.6 is 0 Å². The number of benzene rings is 3. The van der Waals surface area contributed by atoms with Crippen LogP contribution in [0.15, 0.2) is 77.2 Å². The lowest BCUT2D eigenvalue weighted by Gasteiger charge is -2.29. The van der Waals surface area contributed by atoms with Gasteiger partial charge in [-0.25, -0.2) is 4.98 Å². The molecule has 0 atom stereocenters. The summed E-state index contributed by atoms with van der Waals surface area (Å²) in [5, 5.41) is 0.839. The second-order valence-corrected chi connectivity index (χ2v) is 11.6. The first-order valence-electron chi connectivity index (χ1n) is 15.4. The minimum atomic E-state index is -4.51. The number of aromatic nitrogens is 2. The van der Waals surface area contributed by atoms with Crippen molar-refractivity contribution in [2.75, 3.05) is 0 Å². The van der Waals surface area contributed by atoms with Crippen LogP contribution in [-0.2, 0) is 29.7 Å². The standard InChI is InChI=1S/C23H19F3N2O2.C14H20O/c1-13-21(14(2)29)17-9-5-7-11-20(17)28(13)12-19-15(3)30-22(27-19)16-8-4-6-10-18(16)23(24,25)26;1-3-9-14(10-4-2)13-8-6-5-7-12(13)11-15-14/h4-11H,12H2,1-3H3;5-8H,3-4,9-11H2,1-2H3. The van der Waals surface area contributed by atoms with Gasteiger partial charge >= 0.3 is 6.18 Å². The van der Waals surface area contributed by atoms with Crippen molar-refractivity contribution >= 4 is 16.7 Å². The SMILES string of the molecule is CC(=O)c1c(C)n(Cc2nc(-c3ccccc3C(F)(F)F)oc2C)c2ccccc12.CCCC1(CCC)OCc2ccccc21. The number of hydrogen-bond acceptors (Lipinski definition) is 4. The number of nitrogens with zero attached hydrogens (tertiary/aromatic N) is 2. The summed E-state index contributed by atoms with van der Waals surface area (Å²) in [6.45, 7) is 10.6. The molecule has 45 heavy (non-hydrogen) atoms. The number of rotatable bonds is 8. The van der Waals surface area contributed by atoms with Crippen LogP contribution in [-0.4, -0.2) is 15.3 Å². The van der Waals surface area contributed by atoms with Crippen molar-refractivity contribution in [3.8, 4) is 11.5 Å². The third kappa shape index (κ3) is 6.34. The van der Waals surface area contributed by atoms with E-state index in [2.05, 4.69) is 43.1 Å². The van der Waals surface area contributed by atoms with E-state index in [9.17, 15) is 18.0 Å². The molecule has 6 rings (SSSR count). The molecule has 2 aromatic heterocycles. The molecule has 236 valence electrons. The average Bonchev–Trinajstić information content (AvgIpc) is 3.65. The van der Waals surface area contributed by atoms with Crippen molar-refractivity contribution in [1.82, 2.24) is 9.55 Å². The fourth-order valence-corrected chi connectivity index (χ4v) is 6.57. The van der Waals surface area contributed by atoms with E-state index in [1.165, 1.54) is 49.1 Å². The Labute approximate surface area is 262 Å². The number of para-hydroxylation sites is 1. The quantitative estimate of drug-likeness (QED) is 0.163. The molecule has 0 unspecified atom stereocenters. The van der Waals surface area contributed by atoms with Gasteiger partial charge in [0.25, 0.3) is 0 Å². The molecule has 0 N–H and O–H groups in total. The van der Waals surface area contributed by atoms with Gasteiger partial charge in [-0.1, -0.05) is 81.3 Å². The zero-order valence-electron chi connectivity index (χ0n) is 26.4. The second kappa shape index (κ2) is 13.1. The second-order valence-electron chi connectivity index (χ2n) is 11.6. The summed E-state index contributed by atoms with van der Waals surface area (Å²) in [7, 11) is 0. The van der Waals surface area contributed by atoms with Crippen molar-refractivity contribution in [3.63, 3.8) is 0 Å². The maximum atomic E-state index is 13.4. The van der Waals surface area contributed by atoms with Crippen LogP contribution in [0.3, 0.4) is 0 Å². The lowest BCUT2D eigenvalue weighted by atomic mass is 9.85. The lowest BCUT2D eigenvalue weighted by molar-refractivity contribution is -0.137. The number of carbonyl (C=O) groups is 1. The Morgan fingerprint density at radius 1 is 0.933 bits per heavy atom. The molecule has 8 heteroatoms. The van der Waals surface area contributed by atoms with Gasteiger partial charge in [0.05, 0.1) is 24.3 Å². The van der Waals surface area contributed by atoms with Gasteiger partial charge in [0.15, 0.2) is 5.78 Å². The van der Waals surface area contributed by atoms with Gasteiger partial charge < -0.3 is 13.7 Å². The molecule has 0 aliphatic carbocycles. The van der Waals surface area contributed by atoms with E-state index in [-0.39, 0.29) is 29.4 Å². The largest absolute Gasteiger partial charge is 0.441 e. The first-order chi connectivity index (χ1) is 21.5. The zero-order chi connectivity index (χ0) is 32.4. The van der Waals surface area contributed by atoms with Gasteiger partial charge in [0.1, 0.15) is 11.5 Å². The van der Waals surface area contributed by atoms with Crippen LogP contribution in [0, 0.1) is 13.8 Å². The highest BCUT2D eigenvalue weighted by Crippen LogP contribution is 2.43. The molecule has 0 fully saturated rings. The highest BCUT2D eigenvalue weighted by Gasteiger charge is 2.38. The number of halogens is 3. The van der Waals surface area contributed by atoms with E-state index < -0.39 is 11.7 Å². The van der Waals surface area contributed by atoms with Crippen LogP contribution in [0.5, 0.6) is 0 Å². The Morgan fingerprint density at radius 2 is 1.58 bits per heavy atom. The fraction of sp³-hybridized carbons (Fsp3) is 0.351. The van der Waals surface area contributed by atoms with E-state index in [0.717, 1.165) is 42.1 Å². The van der Waals surface area contributed by atoms with E-state index in [1.807, 2.05) is 35.8 Å². The third-order valence-corrected chi connectivity index (χ3v) is 8.57. The molecule has 3 aromatic carbocycles. The van der Waals surface area contributed by atoms with Gasteiger partial charge in [0.2, 0.25) is 5.89 Å². The molecule has 3 heterocycles. The van der Waals surface area contributed by atoms with Gasteiger partial charge in [-0.15, -0.1) is 0 Å². The Hall–Kier alpha value is -4.17. The predicted octanol–water partition coefficient (Wildman–Crippen LogP) is 10.2. The number of aryl methyl sites for hydroxylation is 1. The van der Waals surface area contributed by atoms with Gasteiger partial charge in [-0.05, 0) is 62.9 Å². The van der Waals surface area contributed by atoms with Crippen LogP contribution < -0.4 is 0 Å². The highest BCUT2D eigenvalue weighted by atomic mass is 19.4. The lowest BCUT2D eigenvalue weighted by Crippen LogP contribution is -2.24. The zero-order valence-corrected chi connectivity index (χ0v) is 26.4. The molecule has 5 aromatic rings.